The van der Waals surface area contributed by atoms with Crippen LogP contribution >= 0.6 is 34.7 Å². The summed E-state index contributed by atoms with van der Waals surface area (Å²) in [5, 5.41) is 15.3. The zero-order valence-corrected chi connectivity index (χ0v) is 19.0. The van der Waals surface area contributed by atoms with Crippen molar-refractivity contribution >= 4 is 58.0 Å². The Labute approximate surface area is 199 Å². The van der Waals surface area contributed by atoms with Crippen molar-refractivity contribution in [2.45, 2.75) is 17.4 Å². The van der Waals surface area contributed by atoms with Crippen LogP contribution in [0.15, 0.2) is 52.3 Å². The second kappa shape index (κ2) is 8.01. The van der Waals surface area contributed by atoms with E-state index >= 15 is 0 Å². The minimum Gasteiger partial charge on any atom is -0.426 e. The van der Waals surface area contributed by atoms with Gasteiger partial charge in [-0.1, -0.05) is 22.9 Å². The fourth-order valence-electron chi connectivity index (χ4n) is 4.19. The lowest BCUT2D eigenvalue weighted by atomic mass is 9.68. The number of rotatable bonds is 4. The summed E-state index contributed by atoms with van der Waals surface area (Å²) in [7, 11) is 0. The van der Waals surface area contributed by atoms with Crippen LogP contribution in [0.5, 0.6) is 5.75 Å². The molecule has 2 N–H and O–H groups in total. The minimum absolute atomic E-state index is 0.159. The number of esters is 1. The van der Waals surface area contributed by atoms with Crippen molar-refractivity contribution in [3.63, 3.8) is 0 Å². The van der Waals surface area contributed by atoms with E-state index in [4.69, 9.17) is 16.3 Å². The number of carbonyl (C=O) groups is 2. The Morgan fingerprint density at radius 1 is 1.27 bits per heavy atom. The summed E-state index contributed by atoms with van der Waals surface area (Å²) in [6.45, 7) is 0. The number of aromatic amines is 1. The Morgan fingerprint density at radius 2 is 2.03 bits per heavy atom. The quantitative estimate of drug-likeness (QED) is 0.236. The molecule has 2 aliphatic rings. The molecule has 9 nitrogen and oxygen atoms in total. The molecule has 2 atom stereocenters. The maximum Gasteiger partial charge on any atom is 0.319 e. The molecule has 0 spiro atoms. The summed E-state index contributed by atoms with van der Waals surface area (Å²) < 4.78 is 5.57. The van der Waals surface area contributed by atoms with Crippen LogP contribution in [0.1, 0.15) is 22.8 Å². The number of hydrogen-bond donors (Lipinski definition) is 2. The Hall–Kier alpha value is -3.15. The van der Waals surface area contributed by atoms with E-state index in [1.54, 1.807) is 24.3 Å². The number of nitrogens with one attached hydrogen (secondary N) is 2. The molecule has 33 heavy (non-hydrogen) atoms. The number of benzene rings is 2. The average Bonchev–Trinajstić information content (AvgIpc) is 3.15. The van der Waals surface area contributed by atoms with Gasteiger partial charge in [0.15, 0.2) is 0 Å². The number of thiazole rings is 1. The van der Waals surface area contributed by atoms with Gasteiger partial charge in [-0.05, 0) is 30.3 Å². The Bertz CT molecular complexity index is 1370. The minimum atomic E-state index is -1.35. The molecular weight excluding hydrogens is 490 g/mol. The van der Waals surface area contributed by atoms with E-state index in [-0.39, 0.29) is 28.5 Å². The molecule has 0 fully saturated rings. The van der Waals surface area contributed by atoms with Gasteiger partial charge in [-0.15, -0.1) is 11.8 Å². The van der Waals surface area contributed by atoms with Gasteiger partial charge in [-0.3, -0.25) is 24.5 Å². The molecule has 1 aromatic heterocycles. The van der Waals surface area contributed by atoms with Gasteiger partial charge in [0.1, 0.15) is 5.75 Å². The number of H-pyrrole nitrogens is 1. The van der Waals surface area contributed by atoms with Crippen molar-refractivity contribution in [3.05, 3.63) is 77.7 Å². The van der Waals surface area contributed by atoms with E-state index in [1.807, 2.05) is 0 Å². The van der Waals surface area contributed by atoms with Crippen LogP contribution < -0.4 is 14.9 Å². The molecule has 0 aliphatic carbocycles. The van der Waals surface area contributed by atoms with Gasteiger partial charge < -0.3 is 15.0 Å². The Kier molecular flexibility index (Phi) is 5.26. The van der Waals surface area contributed by atoms with Crippen LogP contribution in [0.25, 0.3) is 0 Å². The fourth-order valence-corrected chi connectivity index (χ4v) is 6.87. The Morgan fingerprint density at radius 3 is 2.76 bits per heavy atom. The average molecular weight is 504 g/mol. The molecule has 0 radical (unpaired) electrons. The number of carbonyl (C=O) groups excluding carboxylic acids is 2. The van der Waals surface area contributed by atoms with Gasteiger partial charge in [0.25, 0.3) is 5.69 Å². The molecule has 5 rings (SSSR count). The lowest BCUT2D eigenvalue weighted by molar-refractivity contribution is -0.385. The molecule has 2 aliphatic heterocycles. The third kappa shape index (κ3) is 3.71. The van der Waals surface area contributed by atoms with Crippen molar-refractivity contribution in [1.29, 1.82) is 0 Å². The first-order valence-corrected chi connectivity index (χ1v) is 11.9. The van der Waals surface area contributed by atoms with Gasteiger partial charge in [0.05, 0.1) is 15.4 Å². The lowest BCUT2D eigenvalue weighted by Gasteiger charge is -2.44. The molecule has 0 saturated carbocycles. The molecule has 0 unspecified atom stereocenters. The van der Waals surface area contributed by atoms with Crippen molar-refractivity contribution in [1.82, 2.24) is 4.98 Å². The number of thioether (sulfide) groups is 1. The second-order valence-corrected chi connectivity index (χ2v) is 10.1. The van der Waals surface area contributed by atoms with Gasteiger partial charge in [0, 0.05) is 51.4 Å². The van der Waals surface area contributed by atoms with Crippen molar-refractivity contribution in [2.75, 3.05) is 11.1 Å². The van der Waals surface area contributed by atoms with Gasteiger partial charge in [-0.25, -0.2) is 0 Å². The predicted molar refractivity (Wildman–Crippen MR) is 123 cm³/mol. The smallest absolute Gasteiger partial charge is 0.319 e. The van der Waals surface area contributed by atoms with Crippen molar-refractivity contribution < 1.29 is 19.2 Å². The SMILES string of the molecule is O=C(C[C@]12CSc3[nH]c(=O)sc3[C@@H]1c1cc([N+](=O)[O-])ccc1OC2=O)Nc1ccc(Cl)cc1. The zero-order valence-electron chi connectivity index (χ0n) is 16.6. The number of nitro groups is 1. The fraction of sp³-hybridized carbons (Fsp3) is 0.190. The highest BCUT2D eigenvalue weighted by atomic mass is 35.5. The first-order valence-electron chi connectivity index (χ1n) is 9.69. The molecule has 3 heterocycles. The summed E-state index contributed by atoms with van der Waals surface area (Å²) in [4.78, 5) is 52.4. The third-order valence-electron chi connectivity index (χ3n) is 5.66. The molecule has 168 valence electrons. The number of aromatic nitrogens is 1. The number of hydrogen-bond acceptors (Lipinski definition) is 8. The van der Waals surface area contributed by atoms with Crippen LogP contribution in [0.3, 0.4) is 0 Å². The van der Waals surface area contributed by atoms with Crippen LogP contribution in [0, 0.1) is 15.5 Å². The molecular formula is C21H14ClN3O6S2. The maximum absolute atomic E-state index is 13.3. The van der Waals surface area contributed by atoms with Gasteiger partial charge in [0.2, 0.25) is 5.91 Å². The topological polar surface area (TPSA) is 131 Å². The Balaban J connectivity index is 1.60. The number of non-ortho nitro benzene ring substituents is 1. The van der Waals surface area contributed by atoms with E-state index in [1.165, 1.54) is 30.0 Å². The van der Waals surface area contributed by atoms with Crippen LogP contribution in [0.4, 0.5) is 11.4 Å². The number of nitrogens with zero attached hydrogens (tertiary/aromatic N) is 1. The summed E-state index contributed by atoms with van der Waals surface area (Å²) in [5.74, 6) is -1.45. The summed E-state index contributed by atoms with van der Waals surface area (Å²) in [6.07, 6.45) is -0.236. The molecule has 0 saturated heterocycles. The van der Waals surface area contributed by atoms with Crippen LogP contribution in [-0.2, 0) is 9.59 Å². The molecule has 1 amide bonds. The third-order valence-corrected chi connectivity index (χ3v) is 8.26. The number of nitro benzene ring substituents is 1. The van der Waals surface area contributed by atoms with E-state index in [0.717, 1.165) is 11.3 Å². The van der Waals surface area contributed by atoms with E-state index in [2.05, 4.69) is 10.3 Å². The van der Waals surface area contributed by atoms with E-state index in [0.29, 0.717) is 26.2 Å². The number of halogens is 1. The summed E-state index contributed by atoms with van der Waals surface area (Å²) in [5.41, 5.74) is -0.608. The standard InChI is InChI=1S/C21H14ClN3O6S2/c22-10-1-3-11(4-2-10)23-15(26)8-21-9-32-18-17(33-20(28)24-18)16(21)13-7-12(25(29)30)5-6-14(13)31-19(21)27/h1-7,16H,8-9H2,(H,23,26)(H,24,28)/t16-,21-/m0/s1. The van der Waals surface area contributed by atoms with Crippen LogP contribution in [0.2, 0.25) is 5.02 Å². The van der Waals surface area contributed by atoms with Gasteiger partial charge >= 0.3 is 10.8 Å². The van der Waals surface area contributed by atoms with Crippen LogP contribution in [-0.4, -0.2) is 27.5 Å². The second-order valence-electron chi connectivity index (χ2n) is 7.69. The number of ether oxygens (including phenoxy) is 1. The normalized spacial score (nSPS) is 20.8. The van der Waals surface area contributed by atoms with E-state index < -0.39 is 28.1 Å². The molecule has 2 aromatic carbocycles. The van der Waals surface area contributed by atoms with Crippen molar-refractivity contribution in [3.8, 4) is 5.75 Å². The predicted octanol–water partition coefficient (Wildman–Crippen LogP) is 4.17. The summed E-state index contributed by atoms with van der Waals surface area (Å²) in [6, 6.07) is 10.5. The highest BCUT2D eigenvalue weighted by Crippen LogP contribution is 2.58. The maximum atomic E-state index is 13.3. The first kappa shape index (κ1) is 21.7. The highest BCUT2D eigenvalue weighted by Gasteiger charge is 2.57. The number of anilines is 1. The molecule has 12 heteroatoms. The first-order chi connectivity index (χ1) is 15.8. The van der Waals surface area contributed by atoms with Crippen molar-refractivity contribution in [2.24, 2.45) is 5.41 Å². The molecule has 3 aromatic rings. The zero-order chi connectivity index (χ0) is 23.3. The monoisotopic (exact) mass is 503 g/mol. The number of amides is 1. The summed E-state index contributed by atoms with van der Waals surface area (Å²) >= 11 is 8.08. The highest BCUT2D eigenvalue weighted by molar-refractivity contribution is 7.99. The lowest BCUT2D eigenvalue weighted by Crippen LogP contribution is -2.49. The number of fused-ring (bicyclic) bond motifs is 5. The molecule has 0 bridgehead atoms. The van der Waals surface area contributed by atoms with E-state index in [9.17, 15) is 24.5 Å². The van der Waals surface area contributed by atoms with Gasteiger partial charge in [-0.2, -0.15) is 0 Å². The largest absolute Gasteiger partial charge is 0.426 e.